The third-order valence-corrected chi connectivity index (χ3v) is 5.63. The van der Waals surface area contributed by atoms with Gasteiger partial charge in [0.2, 0.25) is 10.0 Å². The van der Waals surface area contributed by atoms with Crippen molar-refractivity contribution in [1.82, 2.24) is 9.21 Å². The van der Waals surface area contributed by atoms with Crippen LogP contribution < -0.4 is 5.73 Å². The Hall–Kier alpha value is -0.990. The van der Waals surface area contributed by atoms with Crippen LogP contribution >= 0.6 is 0 Å². The lowest BCUT2D eigenvalue weighted by molar-refractivity contribution is 0.202. The Kier molecular flexibility index (Phi) is 5.72. The Bertz CT molecular complexity index is 562. The summed E-state index contributed by atoms with van der Waals surface area (Å²) < 4.78 is 26.9. The predicted octanol–water partition coefficient (Wildman–Crippen LogP) is -0.166. The van der Waals surface area contributed by atoms with Crippen LogP contribution in [0.2, 0.25) is 0 Å². The second-order valence-corrected chi connectivity index (χ2v) is 7.11. The van der Waals surface area contributed by atoms with E-state index in [2.05, 4.69) is 4.90 Å². The average molecular weight is 313 g/mol. The second-order valence-electron chi connectivity index (χ2n) is 5.17. The molecule has 7 heteroatoms. The summed E-state index contributed by atoms with van der Waals surface area (Å²) in [5, 5.41) is 8.99. The van der Waals surface area contributed by atoms with Gasteiger partial charge in [0, 0.05) is 32.7 Å². The maximum Gasteiger partial charge on any atom is 0.243 e. The molecule has 0 radical (unpaired) electrons. The first-order valence-electron chi connectivity index (χ1n) is 7.20. The molecular weight excluding hydrogens is 290 g/mol. The number of β-amino-alcohol motifs (C(OH)–C–C–N with tert-alkyl or cyclic N) is 1. The third-order valence-electron chi connectivity index (χ3n) is 3.74. The first-order valence-corrected chi connectivity index (χ1v) is 8.64. The topological polar surface area (TPSA) is 86.9 Å². The minimum atomic E-state index is -3.47. The van der Waals surface area contributed by atoms with Crippen molar-refractivity contribution < 1.29 is 13.5 Å². The van der Waals surface area contributed by atoms with Crippen molar-refractivity contribution in [3.63, 3.8) is 0 Å². The van der Waals surface area contributed by atoms with Gasteiger partial charge >= 0.3 is 0 Å². The molecule has 0 spiro atoms. The molecule has 6 nitrogen and oxygen atoms in total. The van der Waals surface area contributed by atoms with E-state index in [1.807, 2.05) is 6.07 Å². The summed E-state index contributed by atoms with van der Waals surface area (Å²) in [6, 6.07) is 6.81. The van der Waals surface area contributed by atoms with E-state index in [9.17, 15) is 8.42 Å². The van der Waals surface area contributed by atoms with E-state index in [0.717, 1.165) is 18.5 Å². The Balaban J connectivity index is 2.15. The fourth-order valence-corrected chi connectivity index (χ4v) is 4.08. The Morgan fingerprint density at radius 2 is 2.00 bits per heavy atom. The standard InChI is InChI=1S/C14H23N3O3S/c15-12-13-3-1-4-14(11-13)21(19,20)17-6-2-5-16(7-8-17)9-10-18/h1,3-4,11,18H,2,5-10,12,15H2. The fraction of sp³-hybridized carbons (Fsp3) is 0.571. The van der Waals surface area contributed by atoms with E-state index in [0.29, 0.717) is 37.6 Å². The summed E-state index contributed by atoms with van der Waals surface area (Å²) in [5.41, 5.74) is 6.39. The molecule has 0 saturated carbocycles. The SMILES string of the molecule is NCc1cccc(S(=O)(=O)N2CCCN(CCO)CC2)c1. The molecule has 0 amide bonds. The van der Waals surface area contributed by atoms with Crippen molar-refractivity contribution in [2.24, 2.45) is 5.73 Å². The Morgan fingerprint density at radius 1 is 1.19 bits per heavy atom. The molecule has 0 aliphatic carbocycles. The monoisotopic (exact) mass is 313 g/mol. The number of aliphatic hydroxyl groups is 1. The largest absolute Gasteiger partial charge is 0.395 e. The molecule has 118 valence electrons. The molecule has 1 aromatic carbocycles. The summed E-state index contributed by atoms with van der Waals surface area (Å²) >= 11 is 0. The number of sulfonamides is 1. The number of nitrogens with two attached hydrogens (primary N) is 1. The highest BCUT2D eigenvalue weighted by molar-refractivity contribution is 7.89. The van der Waals surface area contributed by atoms with Gasteiger partial charge in [0.25, 0.3) is 0 Å². The fourth-order valence-electron chi connectivity index (χ4n) is 2.53. The minimum absolute atomic E-state index is 0.102. The number of nitrogens with zero attached hydrogens (tertiary/aromatic N) is 2. The highest BCUT2D eigenvalue weighted by Gasteiger charge is 2.26. The van der Waals surface area contributed by atoms with Gasteiger partial charge in [-0.25, -0.2) is 8.42 Å². The lowest BCUT2D eigenvalue weighted by atomic mass is 10.2. The van der Waals surface area contributed by atoms with Crippen LogP contribution in [-0.4, -0.2) is 62.1 Å². The van der Waals surface area contributed by atoms with Crippen molar-refractivity contribution in [3.05, 3.63) is 29.8 Å². The average Bonchev–Trinajstić information content (AvgIpc) is 2.74. The molecule has 1 aliphatic heterocycles. The smallest absolute Gasteiger partial charge is 0.243 e. The van der Waals surface area contributed by atoms with Crippen molar-refractivity contribution in [1.29, 1.82) is 0 Å². The first-order chi connectivity index (χ1) is 10.1. The molecule has 0 unspecified atom stereocenters. The lowest BCUT2D eigenvalue weighted by Gasteiger charge is -2.21. The zero-order valence-electron chi connectivity index (χ0n) is 12.1. The summed E-state index contributed by atoms with van der Waals surface area (Å²) in [6.07, 6.45) is 0.774. The number of hydrogen-bond acceptors (Lipinski definition) is 5. The van der Waals surface area contributed by atoms with Crippen LogP contribution in [-0.2, 0) is 16.6 Å². The molecule has 3 N–H and O–H groups in total. The molecule has 0 atom stereocenters. The second kappa shape index (κ2) is 7.33. The van der Waals surface area contributed by atoms with Crippen LogP contribution in [0.3, 0.4) is 0 Å². The van der Waals surface area contributed by atoms with Crippen molar-refractivity contribution in [2.75, 3.05) is 39.3 Å². The van der Waals surface area contributed by atoms with Crippen LogP contribution in [0, 0.1) is 0 Å². The van der Waals surface area contributed by atoms with E-state index < -0.39 is 10.0 Å². The molecule has 1 saturated heterocycles. The van der Waals surface area contributed by atoms with Gasteiger partial charge in [-0.1, -0.05) is 12.1 Å². The molecular formula is C14H23N3O3S. The number of benzene rings is 1. The summed E-state index contributed by atoms with van der Waals surface area (Å²) in [5.74, 6) is 0. The van der Waals surface area contributed by atoms with Gasteiger partial charge in [-0.05, 0) is 30.7 Å². The molecule has 1 aliphatic rings. The molecule has 2 rings (SSSR count). The molecule has 1 aromatic rings. The lowest BCUT2D eigenvalue weighted by Crippen LogP contribution is -2.36. The van der Waals surface area contributed by atoms with Gasteiger partial charge in [0.05, 0.1) is 11.5 Å². The number of hydrogen-bond donors (Lipinski definition) is 2. The predicted molar refractivity (Wildman–Crippen MR) is 81.2 cm³/mol. The van der Waals surface area contributed by atoms with E-state index in [4.69, 9.17) is 10.8 Å². The highest BCUT2D eigenvalue weighted by Crippen LogP contribution is 2.18. The molecule has 21 heavy (non-hydrogen) atoms. The van der Waals surface area contributed by atoms with E-state index >= 15 is 0 Å². The van der Waals surface area contributed by atoms with Crippen LogP contribution in [0.25, 0.3) is 0 Å². The van der Waals surface area contributed by atoms with Gasteiger partial charge < -0.3 is 10.8 Å². The van der Waals surface area contributed by atoms with E-state index in [1.54, 1.807) is 18.2 Å². The van der Waals surface area contributed by atoms with Crippen molar-refractivity contribution in [2.45, 2.75) is 17.9 Å². The quantitative estimate of drug-likeness (QED) is 0.788. The maximum absolute atomic E-state index is 12.7. The normalized spacial score (nSPS) is 18.6. The van der Waals surface area contributed by atoms with Gasteiger partial charge in [-0.3, -0.25) is 4.90 Å². The Morgan fingerprint density at radius 3 is 2.71 bits per heavy atom. The Labute approximate surface area is 126 Å². The molecule has 0 bridgehead atoms. The van der Waals surface area contributed by atoms with Gasteiger partial charge in [-0.2, -0.15) is 4.31 Å². The zero-order chi connectivity index (χ0) is 15.3. The zero-order valence-corrected chi connectivity index (χ0v) is 12.9. The van der Waals surface area contributed by atoms with Gasteiger partial charge in [-0.15, -0.1) is 0 Å². The highest BCUT2D eigenvalue weighted by atomic mass is 32.2. The number of aliphatic hydroxyl groups excluding tert-OH is 1. The summed E-state index contributed by atoms with van der Waals surface area (Å²) in [6.45, 7) is 3.45. The van der Waals surface area contributed by atoms with Crippen molar-refractivity contribution in [3.8, 4) is 0 Å². The molecule has 1 fully saturated rings. The van der Waals surface area contributed by atoms with Gasteiger partial charge in [0.1, 0.15) is 0 Å². The van der Waals surface area contributed by atoms with Crippen LogP contribution in [0.4, 0.5) is 0 Å². The van der Waals surface area contributed by atoms with E-state index in [1.165, 1.54) is 4.31 Å². The number of rotatable bonds is 5. The van der Waals surface area contributed by atoms with Gasteiger partial charge in [0.15, 0.2) is 0 Å². The first kappa shape index (κ1) is 16.4. The van der Waals surface area contributed by atoms with Crippen LogP contribution in [0.15, 0.2) is 29.2 Å². The minimum Gasteiger partial charge on any atom is -0.395 e. The summed E-state index contributed by atoms with van der Waals surface area (Å²) in [4.78, 5) is 2.40. The third kappa shape index (κ3) is 4.02. The molecule has 1 heterocycles. The summed E-state index contributed by atoms with van der Waals surface area (Å²) in [7, 11) is -3.47. The van der Waals surface area contributed by atoms with Crippen LogP contribution in [0.5, 0.6) is 0 Å². The van der Waals surface area contributed by atoms with Crippen LogP contribution in [0.1, 0.15) is 12.0 Å². The molecule has 0 aromatic heterocycles. The van der Waals surface area contributed by atoms with Crippen molar-refractivity contribution >= 4 is 10.0 Å². The van der Waals surface area contributed by atoms with E-state index in [-0.39, 0.29) is 6.61 Å². The maximum atomic E-state index is 12.7.